The fourth-order valence-electron chi connectivity index (χ4n) is 2.30. The van der Waals surface area contributed by atoms with Crippen LogP contribution in [0.1, 0.15) is 33.1 Å². The Balaban J connectivity index is 2.42. The molecule has 0 radical (unpaired) electrons. The minimum Gasteiger partial charge on any atom is -0.395 e. The number of hydrogen-bond donors (Lipinski definition) is 2. The number of likely N-dealkylation sites (tertiary alicyclic amines) is 1. The van der Waals surface area contributed by atoms with Crippen LogP contribution >= 0.6 is 0 Å². The highest BCUT2D eigenvalue weighted by Gasteiger charge is 2.27. The molecular formula is C12H26N2O2. The fourth-order valence-corrected chi connectivity index (χ4v) is 2.30. The van der Waals surface area contributed by atoms with Gasteiger partial charge in [-0.1, -0.05) is 6.92 Å². The van der Waals surface area contributed by atoms with Gasteiger partial charge in [0.1, 0.15) is 0 Å². The summed E-state index contributed by atoms with van der Waals surface area (Å²) in [7, 11) is 0. The second kappa shape index (κ2) is 7.22. The molecule has 16 heavy (non-hydrogen) atoms. The lowest BCUT2D eigenvalue weighted by atomic mass is 10.0. The van der Waals surface area contributed by atoms with Crippen LogP contribution in [-0.2, 0) is 4.74 Å². The summed E-state index contributed by atoms with van der Waals surface area (Å²) in [6.45, 7) is 6.99. The third-order valence-electron chi connectivity index (χ3n) is 3.23. The number of aliphatic hydroxyl groups excluding tert-OH is 1. The zero-order chi connectivity index (χ0) is 12.0. The van der Waals surface area contributed by atoms with Crippen molar-refractivity contribution in [1.29, 1.82) is 0 Å². The summed E-state index contributed by atoms with van der Waals surface area (Å²) in [5.74, 6) is 0. The van der Waals surface area contributed by atoms with Crippen LogP contribution in [0.4, 0.5) is 0 Å². The minimum atomic E-state index is 0.00919. The van der Waals surface area contributed by atoms with Gasteiger partial charge in [0.15, 0.2) is 0 Å². The second-order valence-electron chi connectivity index (χ2n) is 4.74. The summed E-state index contributed by atoms with van der Waals surface area (Å²) in [5, 5.41) is 9.35. The summed E-state index contributed by atoms with van der Waals surface area (Å²) in [6, 6.07) is 0.0861. The highest BCUT2D eigenvalue weighted by molar-refractivity contribution is 4.83. The molecule has 0 aromatic heterocycles. The SMILES string of the molecule is CCCOC1CCCN(C(CO)C(C)N)C1. The second-order valence-corrected chi connectivity index (χ2v) is 4.74. The largest absolute Gasteiger partial charge is 0.395 e. The van der Waals surface area contributed by atoms with E-state index >= 15 is 0 Å². The molecule has 1 fully saturated rings. The average Bonchev–Trinajstić information content (AvgIpc) is 2.27. The normalized spacial score (nSPS) is 26.6. The first-order valence-corrected chi connectivity index (χ1v) is 6.41. The zero-order valence-electron chi connectivity index (χ0n) is 10.6. The Labute approximate surface area is 98.8 Å². The molecule has 1 aliphatic heterocycles. The van der Waals surface area contributed by atoms with Crippen LogP contribution < -0.4 is 5.73 Å². The molecule has 0 aromatic rings. The van der Waals surface area contributed by atoms with Crippen molar-refractivity contribution in [2.75, 3.05) is 26.3 Å². The van der Waals surface area contributed by atoms with Gasteiger partial charge in [-0.25, -0.2) is 0 Å². The van der Waals surface area contributed by atoms with Crippen LogP contribution in [0, 0.1) is 0 Å². The molecule has 3 N–H and O–H groups in total. The van der Waals surface area contributed by atoms with Crippen molar-refractivity contribution < 1.29 is 9.84 Å². The van der Waals surface area contributed by atoms with Gasteiger partial charge in [0, 0.05) is 25.2 Å². The molecular weight excluding hydrogens is 204 g/mol. The van der Waals surface area contributed by atoms with E-state index in [2.05, 4.69) is 11.8 Å². The van der Waals surface area contributed by atoms with E-state index in [9.17, 15) is 5.11 Å². The lowest BCUT2D eigenvalue weighted by molar-refractivity contribution is -0.0232. The van der Waals surface area contributed by atoms with E-state index in [1.165, 1.54) is 0 Å². The van der Waals surface area contributed by atoms with Crippen molar-refractivity contribution >= 4 is 0 Å². The van der Waals surface area contributed by atoms with Gasteiger partial charge in [0.25, 0.3) is 0 Å². The predicted octanol–water partition coefficient (Wildman–Crippen LogP) is 0.586. The predicted molar refractivity (Wildman–Crippen MR) is 65.4 cm³/mol. The molecule has 1 saturated heterocycles. The first-order valence-electron chi connectivity index (χ1n) is 6.41. The lowest BCUT2D eigenvalue weighted by Crippen LogP contribution is -2.53. The molecule has 0 aliphatic carbocycles. The first kappa shape index (κ1) is 13.9. The summed E-state index contributed by atoms with van der Waals surface area (Å²) < 4.78 is 5.77. The number of nitrogens with zero attached hydrogens (tertiary/aromatic N) is 1. The standard InChI is InChI=1S/C12H26N2O2/c1-3-7-16-11-5-4-6-14(8-11)12(9-15)10(2)13/h10-12,15H,3-9,13H2,1-2H3. The van der Waals surface area contributed by atoms with Gasteiger partial charge in [0.05, 0.1) is 12.7 Å². The molecule has 0 amide bonds. The molecule has 1 heterocycles. The maximum atomic E-state index is 9.35. The van der Waals surface area contributed by atoms with E-state index in [1.807, 2.05) is 6.92 Å². The van der Waals surface area contributed by atoms with Crippen LogP contribution in [0.25, 0.3) is 0 Å². The average molecular weight is 230 g/mol. The number of aliphatic hydroxyl groups is 1. The van der Waals surface area contributed by atoms with Crippen molar-refractivity contribution in [3.63, 3.8) is 0 Å². The number of nitrogens with two attached hydrogens (primary N) is 1. The highest BCUT2D eigenvalue weighted by Crippen LogP contribution is 2.17. The van der Waals surface area contributed by atoms with Crippen LogP contribution in [-0.4, -0.2) is 54.5 Å². The van der Waals surface area contributed by atoms with Gasteiger partial charge in [-0.3, -0.25) is 4.90 Å². The van der Waals surface area contributed by atoms with Gasteiger partial charge >= 0.3 is 0 Å². The van der Waals surface area contributed by atoms with E-state index < -0.39 is 0 Å². The van der Waals surface area contributed by atoms with Crippen molar-refractivity contribution in [3.8, 4) is 0 Å². The molecule has 0 saturated carbocycles. The molecule has 1 aliphatic rings. The van der Waals surface area contributed by atoms with Gasteiger partial charge in [-0.15, -0.1) is 0 Å². The minimum absolute atomic E-state index is 0.00919. The Morgan fingerprint density at radius 2 is 2.31 bits per heavy atom. The Bertz CT molecular complexity index is 188. The lowest BCUT2D eigenvalue weighted by Gasteiger charge is -2.39. The van der Waals surface area contributed by atoms with Gasteiger partial charge in [-0.2, -0.15) is 0 Å². The van der Waals surface area contributed by atoms with Gasteiger partial charge < -0.3 is 15.6 Å². The molecule has 96 valence electrons. The van der Waals surface area contributed by atoms with E-state index in [4.69, 9.17) is 10.5 Å². The molecule has 3 atom stereocenters. The summed E-state index contributed by atoms with van der Waals surface area (Å²) in [6.07, 6.45) is 3.65. The number of rotatable bonds is 6. The number of piperidine rings is 1. The molecule has 4 heteroatoms. The van der Waals surface area contributed by atoms with Crippen LogP contribution in [0.3, 0.4) is 0 Å². The maximum absolute atomic E-state index is 9.35. The third kappa shape index (κ3) is 4.01. The van der Waals surface area contributed by atoms with Crippen LogP contribution in [0.5, 0.6) is 0 Å². The van der Waals surface area contributed by atoms with Gasteiger partial charge in [0.2, 0.25) is 0 Å². The molecule has 1 rings (SSSR count). The van der Waals surface area contributed by atoms with Crippen molar-refractivity contribution in [3.05, 3.63) is 0 Å². The Morgan fingerprint density at radius 1 is 1.56 bits per heavy atom. The highest BCUT2D eigenvalue weighted by atomic mass is 16.5. The molecule has 4 nitrogen and oxygen atoms in total. The first-order chi connectivity index (χ1) is 7.69. The summed E-state index contributed by atoms with van der Waals surface area (Å²) >= 11 is 0. The Hall–Kier alpha value is -0.160. The van der Waals surface area contributed by atoms with Crippen molar-refractivity contribution in [2.45, 2.75) is 51.3 Å². The molecule has 0 aromatic carbocycles. The van der Waals surface area contributed by atoms with Gasteiger partial charge in [-0.05, 0) is 32.7 Å². The monoisotopic (exact) mass is 230 g/mol. The van der Waals surface area contributed by atoms with Crippen molar-refractivity contribution in [2.24, 2.45) is 5.73 Å². The summed E-state index contributed by atoms with van der Waals surface area (Å²) in [5.41, 5.74) is 5.88. The molecule has 0 bridgehead atoms. The smallest absolute Gasteiger partial charge is 0.0702 e. The third-order valence-corrected chi connectivity index (χ3v) is 3.23. The summed E-state index contributed by atoms with van der Waals surface area (Å²) in [4.78, 5) is 2.27. The van der Waals surface area contributed by atoms with E-state index in [0.29, 0.717) is 6.10 Å². The Kier molecular flexibility index (Phi) is 6.28. The topological polar surface area (TPSA) is 58.7 Å². The van der Waals surface area contributed by atoms with Crippen molar-refractivity contribution in [1.82, 2.24) is 4.90 Å². The zero-order valence-corrected chi connectivity index (χ0v) is 10.6. The van der Waals surface area contributed by atoms with E-state index in [0.717, 1.165) is 39.0 Å². The number of ether oxygens (including phenoxy) is 1. The Morgan fingerprint density at radius 3 is 2.88 bits per heavy atom. The van der Waals surface area contributed by atoms with E-state index in [1.54, 1.807) is 0 Å². The van der Waals surface area contributed by atoms with E-state index in [-0.39, 0.29) is 18.7 Å². The molecule has 0 spiro atoms. The quantitative estimate of drug-likeness (QED) is 0.701. The maximum Gasteiger partial charge on any atom is 0.0702 e. The molecule has 3 unspecified atom stereocenters. The van der Waals surface area contributed by atoms with Crippen LogP contribution in [0.2, 0.25) is 0 Å². The van der Waals surface area contributed by atoms with Crippen LogP contribution in [0.15, 0.2) is 0 Å². The number of hydrogen-bond acceptors (Lipinski definition) is 4. The fraction of sp³-hybridized carbons (Fsp3) is 1.00.